The van der Waals surface area contributed by atoms with Gasteiger partial charge >= 0.3 is 0 Å². The van der Waals surface area contributed by atoms with Crippen LogP contribution in [-0.2, 0) is 17.8 Å². The Morgan fingerprint density at radius 1 is 1.14 bits per heavy atom. The SMILES string of the molecule is C=CCOCC(O)CN(Cc1ccccc1)Cc1nc2scc(-c3ccc(OC)c(OC)c3)c2c(=O)[nH]1. The summed E-state index contributed by atoms with van der Waals surface area (Å²) in [4.78, 5) is 23.6. The van der Waals surface area contributed by atoms with Gasteiger partial charge in [0.15, 0.2) is 11.5 Å². The van der Waals surface area contributed by atoms with Crippen molar-refractivity contribution < 1.29 is 19.3 Å². The molecule has 2 aromatic carbocycles. The standard InChI is InChI=1S/C28H31N3O5S/c1-4-12-36-17-21(32)15-31(14-19-8-6-5-7-9-19)16-25-29-27(33)26-22(18-37-28(26)30-25)20-10-11-23(34-2)24(13-20)35-3/h4-11,13,18,21,32H,1,12,14-17H2,2-3H3,(H,29,30,33). The van der Waals surface area contributed by atoms with Crippen molar-refractivity contribution in [3.8, 4) is 22.6 Å². The van der Waals surface area contributed by atoms with Crippen LogP contribution in [0.4, 0.5) is 0 Å². The number of nitrogens with one attached hydrogen (secondary N) is 1. The quantitative estimate of drug-likeness (QED) is 0.201. The zero-order valence-corrected chi connectivity index (χ0v) is 21.8. The number of aliphatic hydroxyl groups excluding tert-OH is 1. The molecule has 37 heavy (non-hydrogen) atoms. The van der Waals surface area contributed by atoms with Crippen molar-refractivity contribution >= 4 is 21.6 Å². The van der Waals surface area contributed by atoms with Crippen LogP contribution in [0.3, 0.4) is 0 Å². The molecule has 4 rings (SSSR count). The first-order chi connectivity index (χ1) is 18.0. The van der Waals surface area contributed by atoms with E-state index in [1.807, 2.05) is 58.8 Å². The number of H-pyrrole nitrogens is 1. The first-order valence-electron chi connectivity index (χ1n) is 11.9. The summed E-state index contributed by atoms with van der Waals surface area (Å²) < 4.78 is 16.2. The monoisotopic (exact) mass is 521 g/mol. The minimum absolute atomic E-state index is 0.194. The fourth-order valence-electron chi connectivity index (χ4n) is 4.16. The van der Waals surface area contributed by atoms with Crippen molar-refractivity contribution in [3.05, 3.63) is 88.3 Å². The Morgan fingerprint density at radius 2 is 1.92 bits per heavy atom. The number of hydrogen-bond acceptors (Lipinski definition) is 8. The molecule has 1 unspecified atom stereocenters. The van der Waals surface area contributed by atoms with E-state index in [0.29, 0.717) is 53.8 Å². The Bertz CT molecular complexity index is 1390. The van der Waals surface area contributed by atoms with E-state index in [2.05, 4.69) is 11.6 Å². The summed E-state index contributed by atoms with van der Waals surface area (Å²) in [5.74, 6) is 1.75. The summed E-state index contributed by atoms with van der Waals surface area (Å²) in [5.41, 5.74) is 2.52. The van der Waals surface area contributed by atoms with Crippen molar-refractivity contribution in [2.75, 3.05) is 34.0 Å². The van der Waals surface area contributed by atoms with Gasteiger partial charge in [0.2, 0.25) is 0 Å². The third-order valence-electron chi connectivity index (χ3n) is 5.82. The molecule has 2 heterocycles. The topological polar surface area (TPSA) is 96.9 Å². The highest BCUT2D eigenvalue weighted by Crippen LogP contribution is 2.36. The van der Waals surface area contributed by atoms with Crippen LogP contribution < -0.4 is 15.0 Å². The van der Waals surface area contributed by atoms with Gasteiger partial charge in [-0.15, -0.1) is 17.9 Å². The molecule has 0 amide bonds. The minimum Gasteiger partial charge on any atom is -0.493 e. The summed E-state index contributed by atoms with van der Waals surface area (Å²) >= 11 is 1.42. The molecule has 194 valence electrons. The van der Waals surface area contributed by atoms with Gasteiger partial charge in [0, 0.05) is 24.0 Å². The maximum Gasteiger partial charge on any atom is 0.260 e. The van der Waals surface area contributed by atoms with E-state index in [1.54, 1.807) is 20.3 Å². The molecule has 9 heteroatoms. The number of methoxy groups -OCH3 is 2. The number of fused-ring (bicyclic) bond motifs is 1. The van der Waals surface area contributed by atoms with Crippen molar-refractivity contribution in [2.45, 2.75) is 19.2 Å². The number of benzene rings is 2. The molecule has 0 bridgehead atoms. The van der Waals surface area contributed by atoms with Crippen LogP contribution in [0.5, 0.6) is 11.5 Å². The van der Waals surface area contributed by atoms with E-state index < -0.39 is 6.10 Å². The summed E-state index contributed by atoms with van der Waals surface area (Å²) in [5, 5.41) is 13.0. The van der Waals surface area contributed by atoms with Gasteiger partial charge in [0.25, 0.3) is 5.56 Å². The molecule has 0 saturated carbocycles. The Labute approximate surface area is 219 Å². The van der Waals surface area contributed by atoms with Gasteiger partial charge in [0.05, 0.1) is 45.5 Å². The highest BCUT2D eigenvalue weighted by Gasteiger charge is 2.18. The molecular formula is C28H31N3O5S. The molecule has 2 aromatic heterocycles. The van der Waals surface area contributed by atoms with Gasteiger partial charge in [-0.2, -0.15) is 0 Å². The molecular weight excluding hydrogens is 490 g/mol. The van der Waals surface area contributed by atoms with Crippen LogP contribution in [0, 0.1) is 0 Å². The van der Waals surface area contributed by atoms with Gasteiger partial charge in [0.1, 0.15) is 10.7 Å². The second-order valence-electron chi connectivity index (χ2n) is 8.55. The van der Waals surface area contributed by atoms with E-state index in [1.165, 1.54) is 11.3 Å². The van der Waals surface area contributed by atoms with Crippen LogP contribution in [0.15, 0.2) is 71.4 Å². The molecule has 0 saturated heterocycles. The van der Waals surface area contributed by atoms with E-state index in [4.69, 9.17) is 19.2 Å². The average molecular weight is 522 g/mol. The van der Waals surface area contributed by atoms with Crippen LogP contribution >= 0.6 is 11.3 Å². The van der Waals surface area contributed by atoms with E-state index in [0.717, 1.165) is 16.7 Å². The predicted molar refractivity (Wildman–Crippen MR) is 146 cm³/mol. The molecule has 2 N–H and O–H groups in total. The Kier molecular flexibility index (Phi) is 9.08. The normalized spacial score (nSPS) is 12.1. The zero-order valence-electron chi connectivity index (χ0n) is 21.0. The minimum atomic E-state index is -0.697. The molecule has 0 spiro atoms. The fraction of sp³-hybridized carbons (Fsp3) is 0.286. The third kappa shape index (κ3) is 6.64. The molecule has 0 radical (unpaired) electrons. The lowest BCUT2D eigenvalue weighted by molar-refractivity contribution is 0.0223. The first-order valence-corrected chi connectivity index (χ1v) is 12.8. The van der Waals surface area contributed by atoms with E-state index >= 15 is 0 Å². The largest absolute Gasteiger partial charge is 0.493 e. The average Bonchev–Trinajstić information content (AvgIpc) is 3.33. The first kappa shape index (κ1) is 26.6. The summed E-state index contributed by atoms with van der Waals surface area (Å²) in [6, 6.07) is 15.5. The van der Waals surface area contributed by atoms with Gasteiger partial charge in [-0.1, -0.05) is 42.5 Å². The van der Waals surface area contributed by atoms with Crippen LogP contribution in [0.25, 0.3) is 21.3 Å². The number of aromatic nitrogens is 2. The van der Waals surface area contributed by atoms with Crippen molar-refractivity contribution in [3.63, 3.8) is 0 Å². The highest BCUT2D eigenvalue weighted by atomic mass is 32.1. The molecule has 8 nitrogen and oxygen atoms in total. The lowest BCUT2D eigenvalue weighted by Gasteiger charge is -2.24. The van der Waals surface area contributed by atoms with Gasteiger partial charge in [-0.25, -0.2) is 4.98 Å². The Balaban J connectivity index is 1.60. The molecule has 4 aromatic rings. The summed E-state index contributed by atoms with van der Waals surface area (Å²) in [7, 11) is 3.17. The number of aliphatic hydroxyl groups is 1. The zero-order chi connectivity index (χ0) is 26.2. The number of rotatable bonds is 13. The molecule has 0 fully saturated rings. The van der Waals surface area contributed by atoms with Crippen molar-refractivity contribution in [1.82, 2.24) is 14.9 Å². The molecule has 0 aliphatic rings. The molecule has 1 atom stereocenters. The maximum atomic E-state index is 13.2. The Hall–Kier alpha value is -3.50. The van der Waals surface area contributed by atoms with Gasteiger partial charge in [-0.05, 0) is 23.3 Å². The van der Waals surface area contributed by atoms with Gasteiger partial charge < -0.3 is 24.3 Å². The van der Waals surface area contributed by atoms with E-state index in [-0.39, 0.29) is 12.2 Å². The second-order valence-corrected chi connectivity index (χ2v) is 9.41. The maximum absolute atomic E-state index is 13.2. The lowest BCUT2D eigenvalue weighted by Crippen LogP contribution is -2.35. The second kappa shape index (κ2) is 12.6. The Morgan fingerprint density at radius 3 is 2.65 bits per heavy atom. The third-order valence-corrected chi connectivity index (χ3v) is 6.70. The van der Waals surface area contributed by atoms with Crippen LogP contribution in [0.2, 0.25) is 0 Å². The smallest absolute Gasteiger partial charge is 0.260 e. The summed E-state index contributed by atoms with van der Waals surface area (Å²) in [6.07, 6.45) is 0.952. The lowest BCUT2D eigenvalue weighted by atomic mass is 10.1. The van der Waals surface area contributed by atoms with Crippen molar-refractivity contribution in [1.29, 1.82) is 0 Å². The number of thiophene rings is 1. The van der Waals surface area contributed by atoms with Gasteiger partial charge in [-0.3, -0.25) is 9.69 Å². The fourth-order valence-corrected chi connectivity index (χ4v) is 5.13. The number of aromatic amines is 1. The number of nitrogens with zero attached hydrogens (tertiary/aromatic N) is 2. The predicted octanol–water partition coefficient (Wildman–Crippen LogP) is 4.23. The van der Waals surface area contributed by atoms with Crippen molar-refractivity contribution in [2.24, 2.45) is 0 Å². The number of ether oxygens (including phenoxy) is 3. The molecule has 0 aliphatic carbocycles. The van der Waals surface area contributed by atoms with Crippen LogP contribution in [-0.4, -0.2) is 60.1 Å². The van der Waals surface area contributed by atoms with E-state index in [9.17, 15) is 9.90 Å². The highest BCUT2D eigenvalue weighted by molar-refractivity contribution is 7.17. The number of hydrogen-bond donors (Lipinski definition) is 2. The summed E-state index contributed by atoms with van der Waals surface area (Å²) in [6.45, 7) is 5.51. The molecule has 0 aliphatic heterocycles. The van der Waals surface area contributed by atoms with Crippen LogP contribution in [0.1, 0.15) is 11.4 Å².